The molecule has 6 nitrogen and oxygen atoms in total. The molecule has 1 saturated heterocycles. The first kappa shape index (κ1) is 22.9. The number of anilines is 2. The van der Waals surface area contributed by atoms with E-state index in [2.05, 4.69) is 0 Å². The maximum Gasteiger partial charge on any atom is 0.261 e. The monoisotopic (exact) mass is 487 g/mol. The SMILES string of the molecule is Cc1cccc(N2C(=O)C(C)(C)N(c3ccc(CN4C(=O)c5ccccc5C4=O)c(F)c3)C2=S)c1. The average Bonchev–Trinajstić information content (AvgIpc) is 3.16. The molecule has 5 rings (SSSR count). The molecule has 0 radical (unpaired) electrons. The van der Waals surface area contributed by atoms with Gasteiger partial charge >= 0.3 is 0 Å². The van der Waals surface area contributed by atoms with Crippen molar-refractivity contribution < 1.29 is 18.8 Å². The molecular weight excluding hydrogens is 465 g/mol. The maximum atomic E-state index is 15.3. The van der Waals surface area contributed by atoms with Crippen molar-refractivity contribution in [1.29, 1.82) is 0 Å². The van der Waals surface area contributed by atoms with Crippen LogP contribution in [0.2, 0.25) is 0 Å². The second-order valence-electron chi connectivity index (χ2n) is 9.17. The second-order valence-corrected chi connectivity index (χ2v) is 9.54. The Bertz CT molecular complexity index is 1400. The highest BCUT2D eigenvalue weighted by atomic mass is 32.1. The highest BCUT2D eigenvalue weighted by molar-refractivity contribution is 7.81. The Kier molecular flexibility index (Phi) is 5.29. The van der Waals surface area contributed by atoms with E-state index in [1.165, 1.54) is 17.0 Å². The van der Waals surface area contributed by atoms with Crippen LogP contribution in [0.25, 0.3) is 0 Å². The van der Waals surface area contributed by atoms with Crippen LogP contribution in [0.1, 0.15) is 45.7 Å². The van der Waals surface area contributed by atoms with E-state index < -0.39 is 23.2 Å². The number of hydrogen-bond donors (Lipinski definition) is 0. The molecule has 3 aromatic rings. The summed E-state index contributed by atoms with van der Waals surface area (Å²) in [6.07, 6.45) is 0. The van der Waals surface area contributed by atoms with E-state index in [0.717, 1.165) is 10.5 Å². The summed E-state index contributed by atoms with van der Waals surface area (Å²) < 4.78 is 15.3. The van der Waals surface area contributed by atoms with Crippen LogP contribution in [-0.2, 0) is 11.3 Å². The summed E-state index contributed by atoms with van der Waals surface area (Å²) in [5, 5.41) is 0.248. The number of carbonyl (C=O) groups is 3. The fourth-order valence-corrected chi connectivity index (χ4v) is 5.10. The molecule has 0 spiro atoms. The van der Waals surface area contributed by atoms with E-state index in [1.54, 1.807) is 49.1 Å². The maximum absolute atomic E-state index is 15.3. The topological polar surface area (TPSA) is 60.9 Å². The van der Waals surface area contributed by atoms with E-state index in [1.807, 2.05) is 31.2 Å². The fourth-order valence-electron chi connectivity index (χ4n) is 4.58. The molecule has 35 heavy (non-hydrogen) atoms. The third-order valence-corrected chi connectivity index (χ3v) is 6.79. The van der Waals surface area contributed by atoms with Crippen LogP contribution in [0.3, 0.4) is 0 Å². The van der Waals surface area contributed by atoms with Gasteiger partial charge in [0.1, 0.15) is 11.4 Å². The van der Waals surface area contributed by atoms with Gasteiger partial charge in [-0.2, -0.15) is 0 Å². The van der Waals surface area contributed by atoms with Crippen molar-refractivity contribution >= 4 is 46.4 Å². The molecule has 0 unspecified atom stereocenters. The Hall–Kier alpha value is -3.91. The minimum Gasteiger partial charge on any atom is -0.303 e. The number of halogens is 1. The minimum absolute atomic E-state index is 0.188. The van der Waals surface area contributed by atoms with Crippen LogP contribution in [0.5, 0.6) is 0 Å². The molecule has 0 atom stereocenters. The summed E-state index contributed by atoms with van der Waals surface area (Å²) >= 11 is 5.67. The van der Waals surface area contributed by atoms with Gasteiger partial charge in [-0.05, 0) is 75.0 Å². The van der Waals surface area contributed by atoms with Crippen LogP contribution in [-0.4, -0.2) is 33.3 Å². The molecule has 0 aliphatic carbocycles. The zero-order valence-corrected chi connectivity index (χ0v) is 20.2. The molecule has 3 aromatic carbocycles. The van der Waals surface area contributed by atoms with E-state index in [0.29, 0.717) is 22.5 Å². The van der Waals surface area contributed by atoms with Crippen molar-refractivity contribution in [2.24, 2.45) is 0 Å². The van der Waals surface area contributed by atoms with Crippen LogP contribution in [0, 0.1) is 12.7 Å². The summed E-state index contributed by atoms with van der Waals surface area (Å²) in [6, 6.07) is 18.5. The summed E-state index contributed by atoms with van der Waals surface area (Å²) in [5.74, 6) is -1.71. The smallest absolute Gasteiger partial charge is 0.261 e. The molecule has 2 aliphatic heterocycles. The number of carbonyl (C=O) groups excluding carboxylic acids is 3. The fraction of sp³-hybridized carbons (Fsp3) is 0.185. The van der Waals surface area contributed by atoms with Crippen molar-refractivity contribution in [3.05, 3.63) is 94.8 Å². The Balaban J connectivity index is 1.44. The van der Waals surface area contributed by atoms with Gasteiger partial charge in [-0.25, -0.2) is 4.39 Å². The predicted molar refractivity (Wildman–Crippen MR) is 135 cm³/mol. The lowest BCUT2D eigenvalue weighted by Crippen LogP contribution is -2.44. The van der Waals surface area contributed by atoms with Gasteiger partial charge in [0.05, 0.1) is 23.4 Å². The molecule has 3 amide bonds. The molecule has 2 aliphatic rings. The zero-order chi connectivity index (χ0) is 25.1. The van der Waals surface area contributed by atoms with Crippen molar-refractivity contribution in [2.45, 2.75) is 32.9 Å². The summed E-state index contributed by atoms with van der Waals surface area (Å²) in [4.78, 5) is 42.8. The standard InChI is InChI=1S/C27H22FN3O3S/c1-16-7-6-8-18(13-16)30-25(34)27(2,3)31(26(30)35)19-12-11-17(22(28)14-19)15-29-23(32)20-9-4-5-10-21(20)24(29)33/h4-14H,15H2,1-3H3. The van der Waals surface area contributed by atoms with Gasteiger partial charge in [0.25, 0.3) is 17.7 Å². The molecule has 0 bridgehead atoms. The van der Waals surface area contributed by atoms with Crippen molar-refractivity contribution in [3.8, 4) is 0 Å². The molecule has 8 heteroatoms. The Morgan fingerprint density at radius 3 is 2.11 bits per heavy atom. The van der Waals surface area contributed by atoms with Crippen LogP contribution in [0.15, 0.2) is 66.7 Å². The van der Waals surface area contributed by atoms with Crippen molar-refractivity contribution in [1.82, 2.24) is 4.90 Å². The van der Waals surface area contributed by atoms with Gasteiger partial charge in [-0.3, -0.25) is 24.2 Å². The first-order valence-electron chi connectivity index (χ1n) is 11.1. The largest absolute Gasteiger partial charge is 0.303 e. The average molecular weight is 488 g/mol. The molecular formula is C27H22FN3O3S. The van der Waals surface area contributed by atoms with Crippen molar-refractivity contribution in [3.63, 3.8) is 0 Å². The Morgan fingerprint density at radius 1 is 0.857 bits per heavy atom. The van der Waals surface area contributed by atoms with Gasteiger partial charge in [0, 0.05) is 11.3 Å². The zero-order valence-electron chi connectivity index (χ0n) is 19.4. The number of hydrogen-bond acceptors (Lipinski definition) is 4. The number of rotatable bonds is 4. The lowest BCUT2D eigenvalue weighted by molar-refractivity contribution is -0.120. The van der Waals surface area contributed by atoms with E-state index >= 15 is 4.39 Å². The normalized spacial score (nSPS) is 17.0. The number of nitrogens with zero attached hydrogens (tertiary/aromatic N) is 3. The molecule has 2 heterocycles. The van der Waals surface area contributed by atoms with E-state index in [9.17, 15) is 14.4 Å². The first-order valence-corrected chi connectivity index (χ1v) is 11.5. The summed E-state index contributed by atoms with van der Waals surface area (Å²) in [6.45, 7) is 5.21. The first-order chi connectivity index (χ1) is 16.6. The Labute approximate surface area is 207 Å². The van der Waals surface area contributed by atoms with Gasteiger partial charge in [-0.15, -0.1) is 0 Å². The van der Waals surface area contributed by atoms with Crippen LogP contribution in [0.4, 0.5) is 15.8 Å². The molecule has 0 saturated carbocycles. The summed E-state index contributed by atoms with van der Waals surface area (Å²) in [7, 11) is 0. The quantitative estimate of drug-likeness (QED) is 0.389. The lowest BCUT2D eigenvalue weighted by Gasteiger charge is -2.29. The van der Waals surface area contributed by atoms with E-state index in [4.69, 9.17) is 12.2 Å². The third-order valence-electron chi connectivity index (χ3n) is 6.43. The molecule has 1 fully saturated rings. The van der Waals surface area contributed by atoms with Gasteiger partial charge in [-0.1, -0.05) is 30.3 Å². The Morgan fingerprint density at radius 2 is 1.51 bits per heavy atom. The molecule has 0 aromatic heterocycles. The third kappa shape index (κ3) is 3.52. The molecule has 176 valence electrons. The van der Waals surface area contributed by atoms with Crippen molar-refractivity contribution in [2.75, 3.05) is 9.80 Å². The number of aryl methyl sites for hydroxylation is 1. The lowest BCUT2D eigenvalue weighted by atomic mass is 10.0. The van der Waals surface area contributed by atoms with E-state index in [-0.39, 0.29) is 23.1 Å². The van der Waals surface area contributed by atoms with Gasteiger partial charge in [0.2, 0.25) is 0 Å². The number of benzene rings is 3. The second kappa shape index (κ2) is 8.09. The minimum atomic E-state index is -1.04. The molecule has 0 N–H and O–H groups in total. The van der Waals surface area contributed by atoms with Crippen LogP contribution >= 0.6 is 12.2 Å². The number of imide groups is 1. The highest BCUT2D eigenvalue weighted by Gasteiger charge is 2.50. The predicted octanol–water partition coefficient (Wildman–Crippen LogP) is 4.85. The number of fused-ring (bicyclic) bond motifs is 1. The van der Waals surface area contributed by atoms with Gasteiger partial charge in [0.15, 0.2) is 5.11 Å². The summed E-state index contributed by atoms with van der Waals surface area (Å²) in [5.41, 5.74) is 1.82. The van der Waals surface area contributed by atoms with Gasteiger partial charge < -0.3 is 4.90 Å². The highest BCUT2D eigenvalue weighted by Crippen LogP contribution is 2.37. The van der Waals surface area contributed by atoms with Crippen LogP contribution < -0.4 is 9.80 Å². The number of thiocarbonyl (C=S) groups is 1. The number of amides is 3.